The Labute approximate surface area is 126 Å². The smallest absolute Gasteiger partial charge is 0.319 e. The van der Waals surface area contributed by atoms with Gasteiger partial charge in [0.2, 0.25) is 0 Å². The minimum atomic E-state index is -0.173. The van der Waals surface area contributed by atoms with Crippen molar-refractivity contribution in [3.05, 3.63) is 29.8 Å². The van der Waals surface area contributed by atoms with Crippen LogP contribution in [0.15, 0.2) is 24.3 Å². The maximum absolute atomic E-state index is 12.0. The van der Waals surface area contributed by atoms with Crippen molar-refractivity contribution in [2.24, 2.45) is 5.41 Å². The summed E-state index contributed by atoms with van der Waals surface area (Å²) in [4.78, 5) is 23.2. The van der Waals surface area contributed by atoms with Crippen LogP contribution in [0, 0.1) is 5.41 Å². The molecule has 0 aromatic heterocycles. The summed E-state index contributed by atoms with van der Waals surface area (Å²) in [5.41, 5.74) is 1.65. The van der Waals surface area contributed by atoms with Crippen LogP contribution in [-0.4, -0.2) is 17.9 Å². The second kappa shape index (κ2) is 6.29. The van der Waals surface area contributed by atoms with Gasteiger partial charge in [-0.15, -0.1) is 0 Å². The van der Waals surface area contributed by atoms with Gasteiger partial charge in [0.15, 0.2) is 5.78 Å². The number of nitrogens with one attached hydrogen (secondary N) is 2. The van der Waals surface area contributed by atoms with Gasteiger partial charge in [-0.25, -0.2) is 4.79 Å². The molecule has 0 heterocycles. The van der Waals surface area contributed by atoms with Crippen LogP contribution >= 0.6 is 0 Å². The molecule has 1 unspecified atom stereocenters. The largest absolute Gasteiger partial charge is 0.335 e. The Morgan fingerprint density at radius 1 is 1.19 bits per heavy atom. The van der Waals surface area contributed by atoms with Crippen molar-refractivity contribution >= 4 is 17.5 Å². The Morgan fingerprint density at radius 3 is 2.43 bits per heavy atom. The van der Waals surface area contributed by atoms with Gasteiger partial charge in [0.1, 0.15) is 0 Å². The normalized spacial score (nSPS) is 20.6. The highest BCUT2D eigenvalue weighted by atomic mass is 16.2. The summed E-state index contributed by atoms with van der Waals surface area (Å²) in [6, 6.07) is 7.02. The number of anilines is 1. The third-order valence-corrected chi connectivity index (χ3v) is 4.09. The van der Waals surface area contributed by atoms with Gasteiger partial charge in [-0.3, -0.25) is 4.79 Å². The zero-order valence-corrected chi connectivity index (χ0v) is 13.0. The second-order valence-electron chi connectivity index (χ2n) is 6.69. The maximum atomic E-state index is 12.0. The van der Waals surface area contributed by atoms with E-state index in [2.05, 4.69) is 24.5 Å². The first-order valence-electron chi connectivity index (χ1n) is 7.54. The number of rotatable bonds is 3. The van der Waals surface area contributed by atoms with Crippen LogP contribution in [0.2, 0.25) is 0 Å². The van der Waals surface area contributed by atoms with E-state index >= 15 is 0 Å². The van der Waals surface area contributed by atoms with Crippen molar-refractivity contribution in [2.75, 3.05) is 5.32 Å². The highest BCUT2D eigenvalue weighted by Gasteiger charge is 2.28. The van der Waals surface area contributed by atoms with E-state index in [-0.39, 0.29) is 17.9 Å². The molecule has 2 rings (SSSR count). The van der Waals surface area contributed by atoms with Crippen LogP contribution in [0.25, 0.3) is 0 Å². The Bertz CT molecular complexity index is 520. The molecule has 4 heteroatoms. The molecule has 1 atom stereocenters. The number of hydrogen-bond acceptors (Lipinski definition) is 2. The molecule has 0 bridgehead atoms. The molecule has 1 aliphatic rings. The third-order valence-electron chi connectivity index (χ3n) is 4.09. The predicted octanol–water partition coefficient (Wildman–Crippen LogP) is 3.98. The molecule has 0 radical (unpaired) electrons. The molecule has 0 saturated heterocycles. The lowest BCUT2D eigenvalue weighted by Crippen LogP contribution is -2.42. The van der Waals surface area contributed by atoms with E-state index in [4.69, 9.17) is 0 Å². The fourth-order valence-corrected chi connectivity index (χ4v) is 2.96. The molecule has 21 heavy (non-hydrogen) atoms. The summed E-state index contributed by atoms with van der Waals surface area (Å²) in [6.45, 7) is 6.03. The van der Waals surface area contributed by atoms with E-state index in [1.165, 1.54) is 13.3 Å². The van der Waals surface area contributed by atoms with E-state index in [0.717, 1.165) is 19.3 Å². The number of ketones is 1. The molecule has 0 aliphatic heterocycles. The van der Waals surface area contributed by atoms with E-state index in [1.807, 2.05) is 0 Å². The van der Waals surface area contributed by atoms with E-state index in [1.54, 1.807) is 24.3 Å². The molecular weight excluding hydrogens is 264 g/mol. The van der Waals surface area contributed by atoms with Crippen molar-refractivity contribution in [1.82, 2.24) is 5.32 Å². The SMILES string of the molecule is CC(=O)c1ccc(NC(=O)NC2CCCC(C)(C)C2)cc1. The number of urea groups is 1. The Kier molecular flexibility index (Phi) is 4.66. The molecule has 1 saturated carbocycles. The van der Waals surface area contributed by atoms with Crippen LogP contribution in [0.4, 0.5) is 10.5 Å². The summed E-state index contributed by atoms with van der Waals surface area (Å²) in [5, 5.41) is 5.86. The van der Waals surface area contributed by atoms with Gasteiger partial charge < -0.3 is 10.6 Å². The summed E-state index contributed by atoms with van der Waals surface area (Å²) in [5.74, 6) is 0.0236. The fourth-order valence-electron chi connectivity index (χ4n) is 2.96. The van der Waals surface area contributed by atoms with Crippen LogP contribution in [-0.2, 0) is 0 Å². The molecule has 2 N–H and O–H groups in total. The lowest BCUT2D eigenvalue weighted by Gasteiger charge is -2.35. The first-order chi connectivity index (χ1) is 9.85. The van der Waals surface area contributed by atoms with Crippen LogP contribution in [0.3, 0.4) is 0 Å². The first kappa shape index (κ1) is 15.5. The average molecular weight is 288 g/mol. The highest BCUT2D eigenvalue weighted by Crippen LogP contribution is 2.35. The summed E-state index contributed by atoms with van der Waals surface area (Å²) >= 11 is 0. The van der Waals surface area contributed by atoms with Crippen molar-refractivity contribution in [3.8, 4) is 0 Å². The van der Waals surface area contributed by atoms with Gasteiger partial charge in [-0.1, -0.05) is 20.3 Å². The van der Waals surface area contributed by atoms with Crippen LogP contribution in [0.5, 0.6) is 0 Å². The second-order valence-corrected chi connectivity index (χ2v) is 6.69. The number of amides is 2. The molecule has 2 amide bonds. The first-order valence-corrected chi connectivity index (χ1v) is 7.54. The molecule has 4 nitrogen and oxygen atoms in total. The van der Waals surface area contributed by atoms with Crippen molar-refractivity contribution in [2.45, 2.75) is 52.5 Å². The molecule has 1 fully saturated rings. The third kappa shape index (κ3) is 4.59. The zero-order chi connectivity index (χ0) is 15.5. The quantitative estimate of drug-likeness (QED) is 0.826. The van der Waals surface area contributed by atoms with Crippen LogP contribution in [0.1, 0.15) is 56.8 Å². The minimum absolute atomic E-state index is 0.0236. The lowest BCUT2D eigenvalue weighted by atomic mass is 9.75. The Balaban J connectivity index is 1.88. The maximum Gasteiger partial charge on any atom is 0.319 e. The van der Waals surface area contributed by atoms with E-state index < -0.39 is 0 Å². The van der Waals surface area contributed by atoms with Gasteiger partial charge in [0, 0.05) is 17.3 Å². The van der Waals surface area contributed by atoms with Gasteiger partial charge in [0.25, 0.3) is 0 Å². The fraction of sp³-hybridized carbons (Fsp3) is 0.529. The van der Waals surface area contributed by atoms with E-state index in [0.29, 0.717) is 16.7 Å². The Morgan fingerprint density at radius 2 is 1.86 bits per heavy atom. The number of benzene rings is 1. The molecule has 1 aromatic carbocycles. The van der Waals surface area contributed by atoms with Gasteiger partial charge in [0.05, 0.1) is 0 Å². The summed E-state index contributed by atoms with van der Waals surface area (Å²) in [6.07, 6.45) is 4.44. The summed E-state index contributed by atoms with van der Waals surface area (Å²) < 4.78 is 0. The topological polar surface area (TPSA) is 58.2 Å². The zero-order valence-electron chi connectivity index (χ0n) is 13.0. The van der Waals surface area contributed by atoms with Crippen molar-refractivity contribution < 1.29 is 9.59 Å². The van der Waals surface area contributed by atoms with Gasteiger partial charge >= 0.3 is 6.03 Å². The lowest BCUT2D eigenvalue weighted by molar-refractivity contribution is 0.101. The van der Waals surface area contributed by atoms with E-state index in [9.17, 15) is 9.59 Å². The Hall–Kier alpha value is -1.84. The number of hydrogen-bond donors (Lipinski definition) is 2. The van der Waals surface area contributed by atoms with Crippen molar-refractivity contribution in [3.63, 3.8) is 0 Å². The minimum Gasteiger partial charge on any atom is -0.335 e. The van der Waals surface area contributed by atoms with Gasteiger partial charge in [-0.2, -0.15) is 0 Å². The monoisotopic (exact) mass is 288 g/mol. The number of Topliss-reactive ketones (excluding diaryl/α,β-unsaturated/α-hetero) is 1. The molecule has 1 aliphatic carbocycles. The number of carbonyl (C=O) groups is 2. The van der Waals surface area contributed by atoms with Crippen molar-refractivity contribution in [1.29, 1.82) is 0 Å². The molecule has 1 aromatic rings. The predicted molar refractivity (Wildman–Crippen MR) is 84.6 cm³/mol. The highest BCUT2D eigenvalue weighted by molar-refractivity contribution is 5.95. The number of carbonyl (C=O) groups excluding carboxylic acids is 2. The molecule has 114 valence electrons. The molecular formula is C17H24N2O2. The van der Waals surface area contributed by atoms with Gasteiger partial charge in [-0.05, 0) is 55.9 Å². The van der Waals surface area contributed by atoms with Crippen LogP contribution < -0.4 is 10.6 Å². The standard InChI is InChI=1S/C17H24N2O2/c1-12(20)13-6-8-14(9-7-13)18-16(21)19-15-5-4-10-17(2,3)11-15/h6-9,15H,4-5,10-11H2,1-3H3,(H2,18,19,21). The average Bonchev–Trinajstić information content (AvgIpc) is 2.37. The summed E-state index contributed by atoms with van der Waals surface area (Å²) in [7, 11) is 0. The molecule has 0 spiro atoms.